The van der Waals surface area contributed by atoms with Crippen LogP contribution in [0.5, 0.6) is 0 Å². The van der Waals surface area contributed by atoms with Gasteiger partial charge in [0.15, 0.2) is 0 Å². The second kappa shape index (κ2) is 8.25. The van der Waals surface area contributed by atoms with E-state index >= 15 is 0 Å². The van der Waals surface area contributed by atoms with Crippen molar-refractivity contribution in [3.8, 4) is 11.8 Å². The number of rotatable bonds is 4. The zero-order valence-corrected chi connectivity index (χ0v) is 12.8. The number of benzene rings is 2. The standard InChI is InChI=1S/C18H16N2O4/c19-15-10-4-8-14(16(15)17(21)22)9-5-11-20-18(23)24-12-13-6-2-1-3-7-13/h1-4,6-8,10H,11-12,19H2,(H,20,23)(H,21,22). The van der Waals surface area contributed by atoms with Gasteiger partial charge in [-0.1, -0.05) is 48.2 Å². The molecule has 0 fully saturated rings. The van der Waals surface area contributed by atoms with E-state index in [-0.39, 0.29) is 24.4 Å². The molecule has 0 spiro atoms. The lowest BCUT2D eigenvalue weighted by atomic mass is 10.1. The van der Waals surface area contributed by atoms with Crippen LogP contribution in [0, 0.1) is 11.8 Å². The van der Waals surface area contributed by atoms with E-state index in [9.17, 15) is 9.59 Å². The molecule has 24 heavy (non-hydrogen) atoms. The first kappa shape index (κ1) is 16.9. The number of nitrogen functional groups attached to an aromatic ring is 1. The molecule has 6 heteroatoms. The van der Waals surface area contributed by atoms with Gasteiger partial charge in [0.05, 0.1) is 12.1 Å². The van der Waals surface area contributed by atoms with Gasteiger partial charge in [0.25, 0.3) is 0 Å². The lowest BCUT2D eigenvalue weighted by molar-refractivity contribution is 0.0697. The number of nitrogens with one attached hydrogen (secondary N) is 1. The summed E-state index contributed by atoms with van der Waals surface area (Å²) in [6, 6.07) is 13.9. The molecular weight excluding hydrogens is 308 g/mol. The Balaban J connectivity index is 1.87. The van der Waals surface area contributed by atoms with E-state index in [2.05, 4.69) is 17.2 Å². The summed E-state index contributed by atoms with van der Waals surface area (Å²) in [7, 11) is 0. The summed E-state index contributed by atoms with van der Waals surface area (Å²) in [6.07, 6.45) is -0.598. The highest BCUT2D eigenvalue weighted by atomic mass is 16.5. The first-order valence-corrected chi connectivity index (χ1v) is 7.13. The third-order valence-electron chi connectivity index (χ3n) is 3.07. The van der Waals surface area contributed by atoms with Gasteiger partial charge < -0.3 is 20.9 Å². The van der Waals surface area contributed by atoms with E-state index in [1.165, 1.54) is 6.07 Å². The minimum absolute atomic E-state index is 0.0292. The number of nitrogens with two attached hydrogens (primary N) is 1. The third kappa shape index (κ3) is 4.78. The molecule has 0 saturated carbocycles. The third-order valence-corrected chi connectivity index (χ3v) is 3.07. The van der Waals surface area contributed by atoms with Gasteiger partial charge >= 0.3 is 12.1 Å². The summed E-state index contributed by atoms with van der Waals surface area (Å²) < 4.78 is 5.03. The van der Waals surface area contributed by atoms with Crippen LogP contribution < -0.4 is 11.1 Å². The average Bonchev–Trinajstić information content (AvgIpc) is 2.57. The van der Waals surface area contributed by atoms with Gasteiger partial charge in [-0.15, -0.1) is 0 Å². The Morgan fingerprint density at radius 1 is 1.12 bits per heavy atom. The highest BCUT2D eigenvalue weighted by molar-refractivity contribution is 5.96. The van der Waals surface area contributed by atoms with Gasteiger partial charge in [0.1, 0.15) is 6.61 Å². The van der Waals surface area contributed by atoms with Crippen LogP contribution in [-0.4, -0.2) is 23.7 Å². The quantitative estimate of drug-likeness (QED) is 0.591. The Hall–Kier alpha value is -3.46. The molecule has 4 N–H and O–H groups in total. The molecule has 0 aliphatic rings. The molecule has 122 valence electrons. The van der Waals surface area contributed by atoms with Crippen molar-refractivity contribution in [2.24, 2.45) is 0 Å². The first-order valence-electron chi connectivity index (χ1n) is 7.13. The van der Waals surface area contributed by atoms with Crippen molar-refractivity contribution in [3.05, 3.63) is 65.2 Å². The number of carboxylic acid groups (broad SMARTS) is 1. The number of carboxylic acids is 1. The van der Waals surface area contributed by atoms with Crippen molar-refractivity contribution in [2.75, 3.05) is 12.3 Å². The summed E-state index contributed by atoms with van der Waals surface area (Å²) in [4.78, 5) is 22.7. The Morgan fingerprint density at radius 3 is 2.58 bits per heavy atom. The fourth-order valence-electron chi connectivity index (χ4n) is 1.94. The Kier molecular flexibility index (Phi) is 5.81. The molecular formula is C18H16N2O4. The lowest BCUT2D eigenvalue weighted by Gasteiger charge is -2.04. The second-order valence-electron chi connectivity index (χ2n) is 4.79. The maximum absolute atomic E-state index is 11.5. The van der Waals surface area contributed by atoms with Crippen molar-refractivity contribution >= 4 is 17.7 Å². The van der Waals surface area contributed by atoms with Crippen LogP contribution in [-0.2, 0) is 11.3 Å². The van der Waals surface area contributed by atoms with E-state index < -0.39 is 12.1 Å². The average molecular weight is 324 g/mol. The molecule has 2 rings (SSSR count). The van der Waals surface area contributed by atoms with Gasteiger partial charge in [-0.05, 0) is 17.7 Å². The molecule has 1 amide bonds. The SMILES string of the molecule is Nc1cccc(C#CCNC(=O)OCc2ccccc2)c1C(=O)O. The van der Waals surface area contributed by atoms with Crippen LogP contribution in [0.4, 0.5) is 10.5 Å². The van der Waals surface area contributed by atoms with Gasteiger partial charge in [0.2, 0.25) is 0 Å². The second-order valence-corrected chi connectivity index (χ2v) is 4.79. The van der Waals surface area contributed by atoms with Crippen LogP contribution in [0.25, 0.3) is 0 Å². The summed E-state index contributed by atoms with van der Waals surface area (Å²) in [5, 5.41) is 11.6. The fraction of sp³-hybridized carbons (Fsp3) is 0.111. The molecule has 0 aromatic heterocycles. The van der Waals surface area contributed by atoms with Gasteiger partial charge in [-0.25, -0.2) is 9.59 Å². The zero-order chi connectivity index (χ0) is 17.4. The summed E-state index contributed by atoms with van der Waals surface area (Å²) in [5.74, 6) is 4.21. The molecule has 0 saturated heterocycles. The number of anilines is 1. The monoisotopic (exact) mass is 324 g/mol. The molecule has 0 heterocycles. The molecule has 0 radical (unpaired) electrons. The number of alkyl carbamates (subject to hydrolysis) is 1. The molecule has 0 atom stereocenters. The fourth-order valence-corrected chi connectivity index (χ4v) is 1.94. The number of carbonyl (C=O) groups excluding carboxylic acids is 1. The molecule has 0 unspecified atom stereocenters. The van der Waals surface area contributed by atoms with E-state index in [4.69, 9.17) is 15.6 Å². The van der Waals surface area contributed by atoms with Crippen LogP contribution in [0.3, 0.4) is 0 Å². The number of carbonyl (C=O) groups is 2. The highest BCUT2D eigenvalue weighted by Gasteiger charge is 2.11. The van der Waals surface area contributed by atoms with Gasteiger partial charge in [-0.3, -0.25) is 0 Å². The summed E-state index contributed by atoms with van der Waals surface area (Å²) >= 11 is 0. The molecule has 2 aromatic rings. The molecule has 0 bridgehead atoms. The minimum atomic E-state index is -1.15. The smallest absolute Gasteiger partial charge is 0.408 e. The lowest BCUT2D eigenvalue weighted by Crippen LogP contribution is -2.24. The number of amides is 1. The highest BCUT2D eigenvalue weighted by Crippen LogP contribution is 2.15. The summed E-state index contributed by atoms with van der Waals surface area (Å²) in [5.41, 5.74) is 6.90. The van der Waals surface area contributed by atoms with Crippen molar-refractivity contribution in [3.63, 3.8) is 0 Å². The van der Waals surface area contributed by atoms with Crippen molar-refractivity contribution in [1.29, 1.82) is 0 Å². The Labute approximate surface area is 139 Å². The van der Waals surface area contributed by atoms with Gasteiger partial charge in [-0.2, -0.15) is 0 Å². The van der Waals surface area contributed by atoms with E-state index in [1.54, 1.807) is 12.1 Å². The van der Waals surface area contributed by atoms with Crippen molar-refractivity contribution in [2.45, 2.75) is 6.61 Å². The van der Waals surface area contributed by atoms with Crippen LogP contribution in [0.2, 0.25) is 0 Å². The van der Waals surface area contributed by atoms with Crippen molar-refractivity contribution in [1.82, 2.24) is 5.32 Å². The minimum Gasteiger partial charge on any atom is -0.478 e. The summed E-state index contributed by atoms with van der Waals surface area (Å²) in [6.45, 7) is 0.194. The van der Waals surface area contributed by atoms with Crippen molar-refractivity contribution < 1.29 is 19.4 Å². The first-order chi connectivity index (χ1) is 11.6. The van der Waals surface area contributed by atoms with E-state index in [0.717, 1.165) is 5.56 Å². The van der Waals surface area contributed by atoms with Crippen LogP contribution in [0.15, 0.2) is 48.5 Å². The molecule has 0 aliphatic carbocycles. The zero-order valence-electron chi connectivity index (χ0n) is 12.8. The Morgan fingerprint density at radius 2 is 1.88 bits per heavy atom. The van der Waals surface area contributed by atoms with E-state index in [1.807, 2.05) is 30.3 Å². The molecule has 2 aromatic carbocycles. The largest absolute Gasteiger partial charge is 0.478 e. The number of aromatic carboxylic acids is 1. The van der Waals surface area contributed by atoms with Crippen LogP contribution in [0.1, 0.15) is 21.5 Å². The maximum atomic E-state index is 11.5. The molecule has 6 nitrogen and oxygen atoms in total. The Bertz CT molecular complexity index is 792. The number of hydrogen-bond acceptors (Lipinski definition) is 4. The van der Waals surface area contributed by atoms with Crippen LogP contribution >= 0.6 is 0 Å². The predicted octanol–water partition coefficient (Wildman–Crippen LogP) is 2.24. The van der Waals surface area contributed by atoms with E-state index in [0.29, 0.717) is 5.56 Å². The number of hydrogen-bond donors (Lipinski definition) is 3. The topological polar surface area (TPSA) is 102 Å². The molecule has 0 aliphatic heterocycles. The maximum Gasteiger partial charge on any atom is 0.408 e. The number of ether oxygens (including phenoxy) is 1. The van der Waals surface area contributed by atoms with Gasteiger partial charge in [0, 0.05) is 11.3 Å². The normalized spacial score (nSPS) is 9.50. The predicted molar refractivity (Wildman–Crippen MR) is 89.3 cm³/mol.